The summed E-state index contributed by atoms with van der Waals surface area (Å²) in [7, 11) is 1.59. The molecule has 2 aromatic carbocycles. The highest BCUT2D eigenvalue weighted by molar-refractivity contribution is 5.63. The second kappa shape index (κ2) is 6.97. The van der Waals surface area contributed by atoms with E-state index < -0.39 is 0 Å². The number of anilines is 1. The van der Waals surface area contributed by atoms with Crippen LogP contribution < -0.4 is 14.8 Å². The quantitative estimate of drug-likeness (QED) is 0.863. The Morgan fingerprint density at radius 1 is 1.10 bits per heavy atom. The van der Waals surface area contributed by atoms with E-state index in [1.54, 1.807) is 25.3 Å². The van der Waals surface area contributed by atoms with Gasteiger partial charge in [-0.2, -0.15) is 0 Å². The molecule has 0 aliphatic carbocycles. The smallest absolute Gasteiger partial charge is 0.184 e. The summed E-state index contributed by atoms with van der Waals surface area (Å²) >= 11 is 0. The lowest BCUT2D eigenvalue weighted by molar-refractivity contribution is 0.281. The minimum absolute atomic E-state index is 0.153. The van der Waals surface area contributed by atoms with Gasteiger partial charge in [-0.1, -0.05) is 24.3 Å². The summed E-state index contributed by atoms with van der Waals surface area (Å²) in [6, 6.07) is 12.5. The predicted octanol–water partition coefficient (Wildman–Crippen LogP) is 4.23. The number of methoxy groups -OCH3 is 1. The van der Waals surface area contributed by atoms with Crippen molar-refractivity contribution in [3.63, 3.8) is 0 Å². The van der Waals surface area contributed by atoms with Gasteiger partial charge in [0, 0.05) is 11.6 Å². The molecule has 1 N–H and O–H groups in total. The van der Waals surface area contributed by atoms with E-state index in [2.05, 4.69) is 5.32 Å². The van der Waals surface area contributed by atoms with Gasteiger partial charge in [-0.25, -0.2) is 4.39 Å². The number of halogens is 1. The molecule has 3 nitrogen and oxygen atoms in total. The third kappa shape index (κ3) is 3.88. The molecule has 0 saturated carbocycles. The SMILES string of the molecule is COc1cccc(NC(C)C)c1OCc1ccccc1F. The van der Waals surface area contributed by atoms with Crippen LogP contribution in [0.15, 0.2) is 42.5 Å². The molecule has 2 aromatic rings. The lowest BCUT2D eigenvalue weighted by atomic mass is 10.2. The van der Waals surface area contributed by atoms with Crippen LogP contribution in [0.1, 0.15) is 19.4 Å². The lowest BCUT2D eigenvalue weighted by Gasteiger charge is -2.18. The monoisotopic (exact) mass is 289 g/mol. The van der Waals surface area contributed by atoms with Crippen LogP contribution in [0, 0.1) is 5.82 Å². The summed E-state index contributed by atoms with van der Waals surface area (Å²) in [5.41, 5.74) is 1.35. The fourth-order valence-corrected chi connectivity index (χ4v) is 2.02. The summed E-state index contributed by atoms with van der Waals surface area (Å²) in [5, 5.41) is 3.30. The van der Waals surface area contributed by atoms with E-state index in [9.17, 15) is 4.39 Å². The highest BCUT2D eigenvalue weighted by atomic mass is 19.1. The van der Waals surface area contributed by atoms with Crippen LogP contribution >= 0.6 is 0 Å². The Morgan fingerprint density at radius 3 is 2.52 bits per heavy atom. The van der Waals surface area contributed by atoms with Crippen LogP contribution in [0.2, 0.25) is 0 Å². The Balaban J connectivity index is 2.23. The van der Waals surface area contributed by atoms with Gasteiger partial charge in [0.25, 0.3) is 0 Å². The summed E-state index contributed by atoms with van der Waals surface area (Å²) in [4.78, 5) is 0. The molecule has 0 amide bonds. The maximum atomic E-state index is 13.7. The molecule has 0 aliphatic heterocycles. The van der Waals surface area contributed by atoms with Crippen molar-refractivity contribution in [2.75, 3.05) is 12.4 Å². The van der Waals surface area contributed by atoms with Crippen LogP contribution in [0.5, 0.6) is 11.5 Å². The van der Waals surface area contributed by atoms with E-state index in [-0.39, 0.29) is 18.5 Å². The average molecular weight is 289 g/mol. The second-order valence-electron chi connectivity index (χ2n) is 5.02. The van der Waals surface area contributed by atoms with E-state index in [1.807, 2.05) is 32.0 Å². The molecular weight excluding hydrogens is 269 g/mol. The van der Waals surface area contributed by atoms with Crippen molar-refractivity contribution in [2.45, 2.75) is 26.5 Å². The Morgan fingerprint density at radius 2 is 1.86 bits per heavy atom. The first-order chi connectivity index (χ1) is 10.1. The van der Waals surface area contributed by atoms with E-state index in [0.717, 1.165) is 5.69 Å². The van der Waals surface area contributed by atoms with E-state index >= 15 is 0 Å². The molecule has 0 unspecified atom stereocenters. The van der Waals surface area contributed by atoms with Gasteiger partial charge in [-0.05, 0) is 32.0 Å². The van der Waals surface area contributed by atoms with Gasteiger partial charge in [0.2, 0.25) is 0 Å². The molecule has 0 heterocycles. The number of ether oxygens (including phenoxy) is 2. The van der Waals surface area contributed by atoms with Crippen molar-refractivity contribution in [3.8, 4) is 11.5 Å². The lowest BCUT2D eigenvalue weighted by Crippen LogP contribution is -2.11. The molecule has 0 atom stereocenters. The summed E-state index contributed by atoms with van der Waals surface area (Å²) in [6.07, 6.45) is 0. The molecule has 0 bridgehead atoms. The van der Waals surface area contributed by atoms with Crippen molar-refractivity contribution < 1.29 is 13.9 Å². The minimum Gasteiger partial charge on any atom is -0.493 e. The van der Waals surface area contributed by atoms with Crippen molar-refractivity contribution in [3.05, 3.63) is 53.8 Å². The zero-order valence-corrected chi connectivity index (χ0v) is 12.5. The zero-order valence-electron chi connectivity index (χ0n) is 12.5. The fraction of sp³-hybridized carbons (Fsp3) is 0.294. The number of para-hydroxylation sites is 1. The Kier molecular flexibility index (Phi) is 5.04. The Bertz CT molecular complexity index is 599. The Hall–Kier alpha value is -2.23. The summed E-state index contributed by atoms with van der Waals surface area (Å²) in [5.74, 6) is 0.944. The molecule has 4 heteroatoms. The highest BCUT2D eigenvalue weighted by Gasteiger charge is 2.12. The number of benzene rings is 2. The number of nitrogens with one attached hydrogen (secondary N) is 1. The zero-order chi connectivity index (χ0) is 15.2. The number of rotatable bonds is 6. The minimum atomic E-state index is -0.272. The van der Waals surface area contributed by atoms with E-state index in [1.165, 1.54) is 6.07 Å². The standard InChI is InChI=1S/C17H20FNO2/c1-12(2)19-15-9-6-10-16(20-3)17(15)21-11-13-7-4-5-8-14(13)18/h4-10,12,19H,11H2,1-3H3. The first-order valence-electron chi connectivity index (χ1n) is 6.91. The molecule has 0 aromatic heterocycles. The largest absolute Gasteiger partial charge is 0.493 e. The van der Waals surface area contributed by atoms with Crippen LogP contribution in [0.3, 0.4) is 0 Å². The van der Waals surface area contributed by atoms with Gasteiger partial charge in [0.15, 0.2) is 11.5 Å². The predicted molar refractivity (Wildman–Crippen MR) is 82.5 cm³/mol. The van der Waals surface area contributed by atoms with E-state index in [4.69, 9.17) is 9.47 Å². The van der Waals surface area contributed by atoms with Gasteiger partial charge >= 0.3 is 0 Å². The average Bonchev–Trinajstić information content (AvgIpc) is 2.46. The maximum absolute atomic E-state index is 13.7. The van der Waals surface area contributed by atoms with Gasteiger partial charge in [-0.15, -0.1) is 0 Å². The molecule has 112 valence electrons. The molecule has 2 rings (SSSR count). The summed E-state index contributed by atoms with van der Waals surface area (Å²) in [6.45, 7) is 4.24. The number of hydrogen-bond donors (Lipinski definition) is 1. The molecule has 0 aliphatic rings. The van der Waals surface area contributed by atoms with Gasteiger partial charge in [0.05, 0.1) is 12.8 Å². The second-order valence-corrected chi connectivity index (χ2v) is 5.02. The van der Waals surface area contributed by atoms with E-state index in [0.29, 0.717) is 17.1 Å². The van der Waals surface area contributed by atoms with Crippen LogP contribution in [0.25, 0.3) is 0 Å². The molecule has 0 radical (unpaired) electrons. The first-order valence-corrected chi connectivity index (χ1v) is 6.91. The molecule has 0 saturated heterocycles. The van der Waals surface area contributed by atoms with Crippen molar-refractivity contribution in [2.24, 2.45) is 0 Å². The van der Waals surface area contributed by atoms with Crippen molar-refractivity contribution in [1.29, 1.82) is 0 Å². The van der Waals surface area contributed by atoms with Gasteiger partial charge in [0.1, 0.15) is 12.4 Å². The van der Waals surface area contributed by atoms with Gasteiger partial charge in [-0.3, -0.25) is 0 Å². The normalized spacial score (nSPS) is 10.5. The van der Waals surface area contributed by atoms with Crippen molar-refractivity contribution >= 4 is 5.69 Å². The van der Waals surface area contributed by atoms with Gasteiger partial charge < -0.3 is 14.8 Å². The van der Waals surface area contributed by atoms with Crippen LogP contribution in [0.4, 0.5) is 10.1 Å². The third-order valence-electron chi connectivity index (χ3n) is 2.97. The fourth-order valence-electron chi connectivity index (χ4n) is 2.02. The topological polar surface area (TPSA) is 30.5 Å². The van der Waals surface area contributed by atoms with Crippen LogP contribution in [-0.2, 0) is 6.61 Å². The maximum Gasteiger partial charge on any atom is 0.184 e. The van der Waals surface area contributed by atoms with Crippen molar-refractivity contribution in [1.82, 2.24) is 0 Å². The molecular formula is C17H20FNO2. The van der Waals surface area contributed by atoms with Crippen LogP contribution in [-0.4, -0.2) is 13.2 Å². The molecule has 0 spiro atoms. The molecule has 0 fully saturated rings. The molecule has 21 heavy (non-hydrogen) atoms. The highest BCUT2D eigenvalue weighted by Crippen LogP contribution is 2.36. The number of hydrogen-bond acceptors (Lipinski definition) is 3. The summed E-state index contributed by atoms with van der Waals surface area (Å²) < 4.78 is 24.8. The third-order valence-corrected chi connectivity index (χ3v) is 2.97. The first kappa shape index (κ1) is 15.2. The Labute approximate surface area is 124 Å².